The van der Waals surface area contributed by atoms with Crippen LogP contribution in [0.5, 0.6) is 0 Å². The molecule has 2 aromatic carbocycles. The number of anilines is 1. The fraction of sp³-hybridized carbons (Fsp3) is 0.286. The Hall–Kier alpha value is -3.22. The molecule has 0 saturated heterocycles. The van der Waals surface area contributed by atoms with E-state index < -0.39 is 11.9 Å². The molecule has 0 aliphatic carbocycles. The van der Waals surface area contributed by atoms with Crippen molar-refractivity contribution in [2.24, 2.45) is 0 Å². The second-order valence-electron chi connectivity index (χ2n) is 7.06. The van der Waals surface area contributed by atoms with Crippen LogP contribution in [0.3, 0.4) is 0 Å². The molecule has 0 fully saturated rings. The molecule has 1 heterocycles. The number of rotatable bonds is 3. The van der Waals surface area contributed by atoms with Crippen molar-refractivity contribution in [1.29, 1.82) is 0 Å². The number of fused-ring (bicyclic) bond motifs is 1. The van der Waals surface area contributed by atoms with Crippen LogP contribution in [0.25, 0.3) is 0 Å². The fourth-order valence-electron chi connectivity index (χ4n) is 3.36. The number of nitrogens with one attached hydrogen (secondary N) is 1. The highest BCUT2D eigenvalue weighted by Gasteiger charge is 2.36. The van der Waals surface area contributed by atoms with Gasteiger partial charge in [-0.2, -0.15) is 0 Å². The summed E-state index contributed by atoms with van der Waals surface area (Å²) in [4.78, 5) is 40.1. The van der Waals surface area contributed by atoms with Gasteiger partial charge in [-0.05, 0) is 47.5 Å². The number of carbonyl (C=O) groups is 3. The maximum absolute atomic E-state index is 13.2. The molecule has 1 N–H and O–H groups in total. The average Bonchev–Trinajstić information content (AvgIpc) is 2.65. The highest BCUT2D eigenvalue weighted by Crippen LogP contribution is 2.28. The Balaban J connectivity index is 1.97. The van der Waals surface area contributed by atoms with Gasteiger partial charge in [-0.3, -0.25) is 14.4 Å². The third-order valence-corrected chi connectivity index (χ3v) is 4.73. The summed E-state index contributed by atoms with van der Waals surface area (Å²) < 4.78 is 13.2. The predicted octanol–water partition coefficient (Wildman–Crippen LogP) is 2.44. The molecule has 0 aromatic heterocycles. The highest BCUT2D eigenvalue weighted by atomic mass is 19.1. The molecule has 1 aliphatic heterocycles. The van der Waals surface area contributed by atoms with E-state index in [4.69, 9.17) is 0 Å². The quantitative estimate of drug-likeness (QED) is 0.885. The number of amides is 3. The molecule has 6 nitrogen and oxygen atoms in total. The second kappa shape index (κ2) is 7.80. The van der Waals surface area contributed by atoms with Gasteiger partial charge in [0.05, 0.1) is 0 Å². The zero-order valence-electron chi connectivity index (χ0n) is 16.0. The lowest BCUT2D eigenvalue weighted by atomic mass is 9.92. The van der Waals surface area contributed by atoms with Crippen molar-refractivity contribution < 1.29 is 18.8 Å². The van der Waals surface area contributed by atoms with Crippen molar-refractivity contribution in [3.05, 3.63) is 65.0 Å². The van der Waals surface area contributed by atoms with Crippen LogP contribution in [0.4, 0.5) is 10.1 Å². The van der Waals surface area contributed by atoms with E-state index in [0.717, 1.165) is 11.1 Å². The van der Waals surface area contributed by atoms with Crippen LogP contribution in [0.1, 0.15) is 28.4 Å². The van der Waals surface area contributed by atoms with Gasteiger partial charge in [0.1, 0.15) is 11.9 Å². The molecular weight excluding hydrogens is 361 g/mol. The van der Waals surface area contributed by atoms with E-state index in [9.17, 15) is 18.8 Å². The number of carbonyl (C=O) groups excluding carboxylic acids is 3. The molecular formula is C21H22FN3O3. The Morgan fingerprint density at radius 2 is 1.75 bits per heavy atom. The lowest BCUT2D eigenvalue weighted by Crippen LogP contribution is -2.52. The second-order valence-corrected chi connectivity index (χ2v) is 7.06. The van der Waals surface area contributed by atoms with E-state index in [1.165, 1.54) is 41.0 Å². The van der Waals surface area contributed by atoms with Crippen molar-refractivity contribution in [3.8, 4) is 0 Å². The van der Waals surface area contributed by atoms with Crippen LogP contribution in [-0.2, 0) is 22.6 Å². The average molecular weight is 383 g/mol. The normalized spacial score (nSPS) is 15.6. The van der Waals surface area contributed by atoms with Crippen molar-refractivity contribution >= 4 is 23.4 Å². The number of hydrogen-bond donors (Lipinski definition) is 1. The van der Waals surface area contributed by atoms with Gasteiger partial charge in [-0.15, -0.1) is 0 Å². The first-order chi connectivity index (χ1) is 13.3. The van der Waals surface area contributed by atoms with E-state index >= 15 is 0 Å². The van der Waals surface area contributed by atoms with Gasteiger partial charge in [0, 0.05) is 45.2 Å². The molecule has 28 heavy (non-hydrogen) atoms. The standard InChI is InChI=1S/C21H22FN3O3/c1-13(26)23-18-9-6-15-11-19(21(28)24(2)3)25(12-16(15)10-18)20(27)14-4-7-17(22)8-5-14/h4-10,19H,11-12H2,1-3H3,(H,23,26)/t19-/m1/s1. The summed E-state index contributed by atoms with van der Waals surface area (Å²) in [6, 6.07) is 10.1. The van der Waals surface area contributed by atoms with Gasteiger partial charge in [-0.25, -0.2) is 4.39 Å². The Morgan fingerprint density at radius 3 is 2.36 bits per heavy atom. The molecule has 2 aromatic rings. The van der Waals surface area contributed by atoms with Gasteiger partial charge in [0.15, 0.2) is 0 Å². The molecule has 0 spiro atoms. The fourth-order valence-corrected chi connectivity index (χ4v) is 3.36. The lowest BCUT2D eigenvalue weighted by molar-refractivity contribution is -0.134. The maximum Gasteiger partial charge on any atom is 0.254 e. The SMILES string of the molecule is CC(=O)Nc1ccc2c(c1)CN(C(=O)c1ccc(F)cc1)[C@@H](C(=O)N(C)C)C2. The summed E-state index contributed by atoms with van der Waals surface area (Å²) in [5, 5.41) is 2.73. The van der Waals surface area contributed by atoms with Gasteiger partial charge in [0.25, 0.3) is 5.91 Å². The van der Waals surface area contributed by atoms with E-state index in [0.29, 0.717) is 17.7 Å². The van der Waals surface area contributed by atoms with Gasteiger partial charge in [0.2, 0.25) is 11.8 Å². The monoisotopic (exact) mass is 383 g/mol. The zero-order chi connectivity index (χ0) is 20.4. The molecule has 0 bridgehead atoms. The number of halogens is 1. The molecule has 7 heteroatoms. The number of nitrogens with zero attached hydrogens (tertiary/aromatic N) is 2. The summed E-state index contributed by atoms with van der Waals surface area (Å²) in [6.07, 6.45) is 0.375. The smallest absolute Gasteiger partial charge is 0.254 e. The molecule has 1 atom stereocenters. The molecule has 3 amide bonds. The first-order valence-electron chi connectivity index (χ1n) is 8.93. The number of hydrogen-bond acceptors (Lipinski definition) is 3. The molecule has 1 aliphatic rings. The van der Waals surface area contributed by atoms with E-state index in [-0.39, 0.29) is 24.3 Å². The van der Waals surface area contributed by atoms with Crippen LogP contribution in [-0.4, -0.2) is 47.7 Å². The van der Waals surface area contributed by atoms with Crippen LogP contribution in [0.2, 0.25) is 0 Å². The summed E-state index contributed by atoms with van der Waals surface area (Å²) in [6.45, 7) is 1.65. The minimum absolute atomic E-state index is 0.174. The van der Waals surface area contributed by atoms with Crippen LogP contribution >= 0.6 is 0 Å². The highest BCUT2D eigenvalue weighted by molar-refractivity contribution is 5.98. The molecule has 0 saturated carbocycles. The summed E-state index contributed by atoms with van der Waals surface area (Å²) in [7, 11) is 3.30. The largest absolute Gasteiger partial charge is 0.347 e. The summed E-state index contributed by atoms with van der Waals surface area (Å²) in [5.74, 6) is -1.13. The Bertz CT molecular complexity index is 925. The first-order valence-corrected chi connectivity index (χ1v) is 8.93. The van der Waals surface area contributed by atoms with Crippen LogP contribution < -0.4 is 5.32 Å². The number of likely N-dealkylation sites (N-methyl/N-ethyl adjacent to an activating group) is 1. The third kappa shape index (κ3) is 4.03. The molecule has 0 radical (unpaired) electrons. The van der Waals surface area contributed by atoms with Crippen LogP contribution in [0, 0.1) is 5.82 Å². The van der Waals surface area contributed by atoms with Crippen molar-refractivity contribution in [3.63, 3.8) is 0 Å². The molecule has 3 rings (SSSR count). The van der Waals surface area contributed by atoms with E-state index in [1.807, 2.05) is 12.1 Å². The third-order valence-electron chi connectivity index (χ3n) is 4.73. The Kier molecular flexibility index (Phi) is 5.44. The van der Waals surface area contributed by atoms with Gasteiger partial charge < -0.3 is 15.1 Å². The van der Waals surface area contributed by atoms with Crippen molar-refractivity contribution in [2.75, 3.05) is 19.4 Å². The van der Waals surface area contributed by atoms with Crippen LogP contribution in [0.15, 0.2) is 42.5 Å². The Morgan fingerprint density at radius 1 is 1.07 bits per heavy atom. The van der Waals surface area contributed by atoms with Crippen molar-refractivity contribution in [1.82, 2.24) is 9.80 Å². The first kappa shape index (κ1) is 19.5. The lowest BCUT2D eigenvalue weighted by Gasteiger charge is -2.37. The van der Waals surface area contributed by atoms with Gasteiger partial charge >= 0.3 is 0 Å². The minimum atomic E-state index is -0.647. The summed E-state index contributed by atoms with van der Waals surface area (Å²) >= 11 is 0. The van der Waals surface area contributed by atoms with Crippen molar-refractivity contribution in [2.45, 2.75) is 25.9 Å². The minimum Gasteiger partial charge on any atom is -0.347 e. The van der Waals surface area contributed by atoms with E-state index in [2.05, 4.69) is 5.32 Å². The number of benzene rings is 2. The summed E-state index contributed by atoms with van der Waals surface area (Å²) in [5.41, 5.74) is 2.78. The molecule has 0 unspecified atom stereocenters. The maximum atomic E-state index is 13.2. The zero-order valence-corrected chi connectivity index (χ0v) is 16.0. The predicted molar refractivity (Wildman–Crippen MR) is 103 cm³/mol. The van der Waals surface area contributed by atoms with E-state index in [1.54, 1.807) is 20.2 Å². The molecule has 146 valence electrons. The van der Waals surface area contributed by atoms with Gasteiger partial charge in [-0.1, -0.05) is 6.07 Å². The topological polar surface area (TPSA) is 69.7 Å². The Labute approximate surface area is 162 Å².